The van der Waals surface area contributed by atoms with Gasteiger partial charge in [0.1, 0.15) is 0 Å². The lowest BCUT2D eigenvalue weighted by Crippen LogP contribution is -2.37. The Bertz CT molecular complexity index is 371. The maximum absolute atomic E-state index is 12.0. The van der Waals surface area contributed by atoms with Gasteiger partial charge in [0.05, 0.1) is 6.04 Å². The fourth-order valence-corrected chi connectivity index (χ4v) is 2.65. The second-order valence-corrected chi connectivity index (χ2v) is 5.20. The summed E-state index contributed by atoms with van der Waals surface area (Å²) in [5.41, 5.74) is 6.80. The van der Waals surface area contributed by atoms with Crippen molar-refractivity contribution in [1.29, 1.82) is 0 Å². The molecule has 3 heteroatoms. The first-order valence-corrected chi connectivity index (χ1v) is 6.87. The summed E-state index contributed by atoms with van der Waals surface area (Å²) in [4.78, 5) is 12.0. The molecule has 0 spiro atoms. The quantitative estimate of drug-likeness (QED) is 0.858. The minimum atomic E-state index is -0.381. The number of hydrogen-bond donors (Lipinski definition) is 2. The Hall–Kier alpha value is -1.35. The van der Waals surface area contributed by atoms with Gasteiger partial charge in [-0.1, -0.05) is 50.3 Å². The van der Waals surface area contributed by atoms with Crippen molar-refractivity contribution in [1.82, 2.24) is 0 Å². The summed E-state index contributed by atoms with van der Waals surface area (Å²) in [5, 5.41) is 2.87. The van der Waals surface area contributed by atoms with Crippen LogP contribution in [0.25, 0.3) is 0 Å². The van der Waals surface area contributed by atoms with Crippen molar-refractivity contribution in [2.24, 2.45) is 11.7 Å². The highest BCUT2D eigenvalue weighted by atomic mass is 16.2. The normalized spacial score (nSPS) is 18.3. The minimum absolute atomic E-state index is 0.0632. The van der Waals surface area contributed by atoms with Gasteiger partial charge in [-0.2, -0.15) is 0 Å². The summed E-state index contributed by atoms with van der Waals surface area (Å²) in [6.45, 7) is 0. The minimum Gasteiger partial charge on any atom is -0.325 e. The van der Waals surface area contributed by atoms with Gasteiger partial charge in [0.25, 0.3) is 0 Å². The number of nitrogens with one attached hydrogen (secondary N) is 1. The average Bonchev–Trinajstić information content (AvgIpc) is 2.41. The van der Waals surface area contributed by atoms with E-state index in [0.29, 0.717) is 5.92 Å². The number of rotatable bonds is 4. The first-order valence-electron chi connectivity index (χ1n) is 6.87. The lowest BCUT2D eigenvalue weighted by Gasteiger charge is -2.24. The maximum atomic E-state index is 12.0. The summed E-state index contributed by atoms with van der Waals surface area (Å²) in [7, 11) is 0. The van der Waals surface area contributed by atoms with E-state index >= 15 is 0 Å². The van der Waals surface area contributed by atoms with E-state index in [1.165, 1.54) is 32.1 Å². The Morgan fingerprint density at radius 2 is 1.89 bits per heavy atom. The standard InChI is InChI=1S/C15H22N2O/c16-14(11-12-7-3-1-4-8-12)15(18)17-13-9-5-2-6-10-13/h2,5-6,9-10,12,14H,1,3-4,7-8,11,16H2,(H,17,18). The Labute approximate surface area is 109 Å². The van der Waals surface area contributed by atoms with Crippen LogP contribution < -0.4 is 11.1 Å². The van der Waals surface area contributed by atoms with E-state index in [2.05, 4.69) is 5.32 Å². The number of benzene rings is 1. The van der Waals surface area contributed by atoms with E-state index in [9.17, 15) is 4.79 Å². The van der Waals surface area contributed by atoms with Crippen LogP contribution in [0.4, 0.5) is 5.69 Å². The third-order valence-corrected chi connectivity index (χ3v) is 3.69. The molecule has 1 aliphatic carbocycles. The van der Waals surface area contributed by atoms with E-state index in [4.69, 9.17) is 5.73 Å². The van der Waals surface area contributed by atoms with Crippen molar-refractivity contribution in [3.63, 3.8) is 0 Å². The van der Waals surface area contributed by atoms with Gasteiger partial charge in [0.2, 0.25) is 5.91 Å². The largest absolute Gasteiger partial charge is 0.325 e. The van der Waals surface area contributed by atoms with Crippen LogP contribution in [-0.2, 0) is 4.79 Å². The molecular formula is C15H22N2O. The van der Waals surface area contributed by atoms with E-state index in [1.807, 2.05) is 30.3 Å². The topological polar surface area (TPSA) is 55.1 Å². The zero-order valence-corrected chi connectivity index (χ0v) is 10.8. The molecule has 0 aromatic heterocycles. The Morgan fingerprint density at radius 1 is 1.22 bits per heavy atom. The number of carbonyl (C=O) groups is 1. The fraction of sp³-hybridized carbons (Fsp3) is 0.533. The molecule has 3 N–H and O–H groups in total. The molecule has 0 heterocycles. The van der Waals surface area contributed by atoms with Crippen molar-refractivity contribution in [2.75, 3.05) is 5.32 Å². The summed E-state index contributed by atoms with van der Waals surface area (Å²) < 4.78 is 0. The van der Waals surface area contributed by atoms with Crippen LogP contribution in [0, 0.1) is 5.92 Å². The average molecular weight is 246 g/mol. The van der Waals surface area contributed by atoms with E-state index in [0.717, 1.165) is 12.1 Å². The molecule has 98 valence electrons. The van der Waals surface area contributed by atoms with Gasteiger partial charge in [-0.15, -0.1) is 0 Å². The van der Waals surface area contributed by atoms with Crippen LogP contribution in [0.15, 0.2) is 30.3 Å². The van der Waals surface area contributed by atoms with Gasteiger partial charge >= 0.3 is 0 Å². The zero-order valence-electron chi connectivity index (χ0n) is 10.8. The molecule has 18 heavy (non-hydrogen) atoms. The highest BCUT2D eigenvalue weighted by Gasteiger charge is 2.21. The molecule has 2 rings (SSSR count). The molecule has 1 aromatic rings. The number of carbonyl (C=O) groups excluding carboxylic acids is 1. The maximum Gasteiger partial charge on any atom is 0.241 e. The van der Waals surface area contributed by atoms with Crippen molar-refractivity contribution in [2.45, 2.75) is 44.6 Å². The van der Waals surface area contributed by atoms with Gasteiger partial charge in [-0.3, -0.25) is 4.79 Å². The van der Waals surface area contributed by atoms with Crippen molar-refractivity contribution >= 4 is 11.6 Å². The summed E-state index contributed by atoms with van der Waals surface area (Å²) in [5.74, 6) is 0.571. The second kappa shape index (κ2) is 6.55. The smallest absolute Gasteiger partial charge is 0.241 e. The third kappa shape index (κ3) is 3.84. The Balaban J connectivity index is 1.81. The van der Waals surface area contributed by atoms with Crippen LogP contribution in [0.1, 0.15) is 38.5 Å². The Kier molecular flexibility index (Phi) is 4.76. The van der Waals surface area contributed by atoms with E-state index in [-0.39, 0.29) is 11.9 Å². The molecule has 1 atom stereocenters. The molecule has 0 saturated heterocycles. The first-order chi connectivity index (χ1) is 8.75. The van der Waals surface area contributed by atoms with Crippen molar-refractivity contribution in [3.05, 3.63) is 30.3 Å². The summed E-state index contributed by atoms with van der Waals surface area (Å²) >= 11 is 0. The summed E-state index contributed by atoms with van der Waals surface area (Å²) in [6.07, 6.45) is 7.19. The van der Waals surface area contributed by atoms with Crippen molar-refractivity contribution < 1.29 is 4.79 Å². The number of nitrogens with two attached hydrogens (primary N) is 1. The number of hydrogen-bond acceptors (Lipinski definition) is 2. The highest BCUT2D eigenvalue weighted by Crippen LogP contribution is 2.27. The summed E-state index contributed by atoms with van der Waals surface area (Å²) in [6, 6.07) is 9.12. The van der Waals surface area contributed by atoms with Gasteiger partial charge in [-0.25, -0.2) is 0 Å². The fourth-order valence-electron chi connectivity index (χ4n) is 2.65. The molecule has 1 fully saturated rings. The van der Waals surface area contributed by atoms with Crippen LogP contribution >= 0.6 is 0 Å². The molecule has 0 radical (unpaired) electrons. The van der Waals surface area contributed by atoms with E-state index in [1.54, 1.807) is 0 Å². The predicted octanol–water partition coefficient (Wildman–Crippen LogP) is 2.92. The molecule has 1 unspecified atom stereocenters. The van der Waals surface area contributed by atoms with E-state index < -0.39 is 0 Å². The molecular weight excluding hydrogens is 224 g/mol. The molecule has 0 aliphatic heterocycles. The van der Waals surface area contributed by atoms with Gasteiger partial charge in [0.15, 0.2) is 0 Å². The van der Waals surface area contributed by atoms with Gasteiger partial charge in [0, 0.05) is 5.69 Å². The SMILES string of the molecule is NC(CC1CCCCC1)C(=O)Nc1ccccc1. The number of amides is 1. The van der Waals surface area contributed by atoms with Crippen LogP contribution in [0.2, 0.25) is 0 Å². The molecule has 3 nitrogen and oxygen atoms in total. The van der Waals surface area contributed by atoms with Gasteiger partial charge in [-0.05, 0) is 24.5 Å². The molecule has 1 amide bonds. The van der Waals surface area contributed by atoms with Crippen LogP contribution in [0.3, 0.4) is 0 Å². The molecule has 1 aliphatic rings. The first kappa shape index (κ1) is 13.1. The number of anilines is 1. The van der Waals surface area contributed by atoms with Crippen LogP contribution in [0.5, 0.6) is 0 Å². The lowest BCUT2D eigenvalue weighted by molar-refractivity contribution is -0.117. The Morgan fingerprint density at radius 3 is 2.56 bits per heavy atom. The zero-order chi connectivity index (χ0) is 12.8. The lowest BCUT2D eigenvalue weighted by atomic mass is 9.85. The predicted molar refractivity (Wildman–Crippen MR) is 74.2 cm³/mol. The number of para-hydroxylation sites is 1. The second-order valence-electron chi connectivity index (χ2n) is 5.20. The van der Waals surface area contributed by atoms with Crippen LogP contribution in [-0.4, -0.2) is 11.9 Å². The monoisotopic (exact) mass is 246 g/mol. The third-order valence-electron chi connectivity index (χ3n) is 3.69. The van der Waals surface area contributed by atoms with Crippen molar-refractivity contribution in [3.8, 4) is 0 Å². The van der Waals surface area contributed by atoms with Gasteiger partial charge < -0.3 is 11.1 Å². The molecule has 1 saturated carbocycles. The molecule has 1 aromatic carbocycles. The molecule has 0 bridgehead atoms. The highest BCUT2D eigenvalue weighted by molar-refractivity contribution is 5.94.